The molecule has 0 aliphatic carbocycles. The number of amides is 1. The van der Waals surface area contributed by atoms with Gasteiger partial charge in [-0.3, -0.25) is 9.78 Å². The fourth-order valence-electron chi connectivity index (χ4n) is 3.57. The Morgan fingerprint density at radius 2 is 2.10 bits per heavy atom. The summed E-state index contributed by atoms with van der Waals surface area (Å²) in [5.41, 5.74) is 4.70. The van der Waals surface area contributed by atoms with E-state index in [2.05, 4.69) is 42.2 Å². The normalized spacial score (nSPS) is 13.6. The second kappa shape index (κ2) is 6.91. The van der Waals surface area contributed by atoms with Gasteiger partial charge in [0.2, 0.25) is 10.1 Å². The van der Waals surface area contributed by atoms with E-state index in [4.69, 9.17) is 4.98 Å². The molecule has 152 valence electrons. The summed E-state index contributed by atoms with van der Waals surface area (Å²) in [4.78, 5) is 24.2. The van der Waals surface area contributed by atoms with Gasteiger partial charge in [0, 0.05) is 35.7 Å². The first-order valence-corrected chi connectivity index (χ1v) is 10.7. The van der Waals surface area contributed by atoms with Gasteiger partial charge in [-0.2, -0.15) is 0 Å². The van der Waals surface area contributed by atoms with Crippen molar-refractivity contribution in [1.82, 2.24) is 19.6 Å². The molecule has 30 heavy (non-hydrogen) atoms. The van der Waals surface area contributed by atoms with E-state index in [0.29, 0.717) is 12.1 Å². The summed E-state index contributed by atoms with van der Waals surface area (Å²) < 4.78 is 1.83. The molecular weight excluding hydrogens is 396 g/mol. The molecule has 5 rings (SSSR count). The van der Waals surface area contributed by atoms with Crippen molar-refractivity contribution in [2.24, 2.45) is 0 Å². The van der Waals surface area contributed by atoms with Gasteiger partial charge in [-0.1, -0.05) is 32.1 Å². The molecule has 0 atom stereocenters. The Hall–Kier alpha value is -3.26. The second-order valence-corrected chi connectivity index (χ2v) is 9.38. The van der Waals surface area contributed by atoms with E-state index in [1.807, 2.05) is 27.7 Å². The zero-order valence-electron chi connectivity index (χ0n) is 17.1. The van der Waals surface area contributed by atoms with E-state index in [0.717, 1.165) is 39.1 Å². The molecule has 8 heteroatoms. The van der Waals surface area contributed by atoms with Crippen LogP contribution in [-0.2, 0) is 11.8 Å². The Morgan fingerprint density at radius 3 is 2.83 bits per heavy atom. The Morgan fingerprint density at radius 1 is 1.23 bits per heavy atom. The van der Waals surface area contributed by atoms with Crippen LogP contribution in [0, 0.1) is 0 Å². The van der Waals surface area contributed by atoms with Gasteiger partial charge in [0.15, 0.2) is 0 Å². The van der Waals surface area contributed by atoms with Crippen molar-refractivity contribution in [3.63, 3.8) is 0 Å². The van der Waals surface area contributed by atoms with E-state index in [1.165, 1.54) is 11.3 Å². The maximum atomic E-state index is 12.8. The van der Waals surface area contributed by atoms with Crippen LogP contribution in [0.1, 0.15) is 42.4 Å². The van der Waals surface area contributed by atoms with E-state index in [-0.39, 0.29) is 11.3 Å². The third kappa shape index (κ3) is 3.33. The van der Waals surface area contributed by atoms with Crippen molar-refractivity contribution in [2.45, 2.75) is 32.6 Å². The number of nitrogens with zero attached hydrogens (tertiary/aromatic N) is 5. The van der Waals surface area contributed by atoms with Crippen LogP contribution in [0.4, 0.5) is 16.5 Å². The predicted octanol–water partition coefficient (Wildman–Crippen LogP) is 4.43. The standard InChI is InChI=1S/C22H22N6OS/c1-22(2,3)18-13-28-21(25-18)30-20(26-28)24-16-6-7-17-14(11-16)8-10-27(17)19(29)15-5-4-9-23-12-15/h4-7,9,11-13H,8,10H2,1-3H3,(H,24,26). The Kier molecular flexibility index (Phi) is 4.32. The molecule has 0 fully saturated rings. The molecule has 4 aromatic rings. The highest BCUT2D eigenvalue weighted by Crippen LogP contribution is 2.33. The number of carbonyl (C=O) groups excluding carboxylic acids is 1. The van der Waals surface area contributed by atoms with Crippen molar-refractivity contribution < 1.29 is 4.79 Å². The van der Waals surface area contributed by atoms with Gasteiger partial charge in [-0.05, 0) is 42.3 Å². The zero-order chi connectivity index (χ0) is 20.9. The minimum atomic E-state index is -0.0154. The highest BCUT2D eigenvalue weighted by atomic mass is 32.1. The molecular formula is C22H22N6OS. The van der Waals surface area contributed by atoms with Crippen LogP contribution in [0.2, 0.25) is 0 Å². The van der Waals surface area contributed by atoms with Crippen LogP contribution in [0.25, 0.3) is 4.96 Å². The minimum Gasteiger partial charge on any atom is -0.330 e. The van der Waals surface area contributed by atoms with Gasteiger partial charge in [0.1, 0.15) is 0 Å². The lowest BCUT2D eigenvalue weighted by Crippen LogP contribution is -2.28. The average Bonchev–Trinajstić information content (AvgIpc) is 3.40. The van der Waals surface area contributed by atoms with Gasteiger partial charge < -0.3 is 10.2 Å². The molecule has 1 N–H and O–H groups in total. The molecule has 7 nitrogen and oxygen atoms in total. The third-order valence-electron chi connectivity index (χ3n) is 5.19. The monoisotopic (exact) mass is 418 g/mol. The Balaban J connectivity index is 1.36. The van der Waals surface area contributed by atoms with Crippen molar-refractivity contribution in [3.05, 3.63) is 65.7 Å². The lowest BCUT2D eigenvalue weighted by molar-refractivity contribution is 0.0989. The molecule has 0 saturated heterocycles. The van der Waals surface area contributed by atoms with Crippen LogP contribution >= 0.6 is 11.3 Å². The van der Waals surface area contributed by atoms with Crippen LogP contribution in [0.15, 0.2) is 48.9 Å². The number of carbonyl (C=O) groups is 1. The Bertz CT molecular complexity index is 1210. The molecule has 0 radical (unpaired) electrons. The van der Waals surface area contributed by atoms with Crippen LogP contribution < -0.4 is 10.2 Å². The molecule has 0 saturated carbocycles. The number of hydrogen-bond donors (Lipinski definition) is 1. The van der Waals surface area contributed by atoms with E-state index < -0.39 is 0 Å². The molecule has 0 bridgehead atoms. The summed E-state index contributed by atoms with van der Waals surface area (Å²) in [6, 6.07) is 9.66. The number of hydrogen-bond acceptors (Lipinski definition) is 6. The van der Waals surface area contributed by atoms with Gasteiger partial charge in [0.25, 0.3) is 5.91 Å². The molecule has 4 heterocycles. The first-order chi connectivity index (χ1) is 14.4. The SMILES string of the molecule is CC(C)(C)c1cn2nc(Nc3ccc4c(c3)CCN4C(=O)c3cccnc3)sc2n1. The number of benzene rings is 1. The van der Waals surface area contributed by atoms with Crippen LogP contribution in [0.5, 0.6) is 0 Å². The fraction of sp³-hybridized carbons (Fsp3) is 0.273. The summed E-state index contributed by atoms with van der Waals surface area (Å²) in [7, 11) is 0. The quantitative estimate of drug-likeness (QED) is 0.533. The van der Waals surface area contributed by atoms with Crippen molar-refractivity contribution in [3.8, 4) is 0 Å². The molecule has 1 aliphatic heterocycles. The number of rotatable bonds is 3. The van der Waals surface area contributed by atoms with Gasteiger partial charge >= 0.3 is 0 Å². The smallest absolute Gasteiger partial charge is 0.259 e. The molecule has 0 unspecified atom stereocenters. The third-order valence-corrected chi connectivity index (χ3v) is 6.03. The summed E-state index contributed by atoms with van der Waals surface area (Å²) in [5.74, 6) is -0.0154. The molecule has 1 aromatic carbocycles. The lowest BCUT2D eigenvalue weighted by Gasteiger charge is -2.17. The first kappa shape index (κ1) is 18.7. The molecule has 1 amide bonds. The highest BCUT2D eigenvalue weighted by molar-refractivity contribution is 7.20. The fourth-order valence-corrected chi connectivity index (χ4v) is 4.37. The highest BCUT2D eigenvalue weighted by Gasteiger charge is 2.26. The van der Waals surface area contributed by atoms with Crippen molar-refractivity contribution >= 4 is 38.7 Å². The number of imidazole rings is 1. The number of anilines is 3. The predicted molar refractivity (Wildman–Crippen MR) is 119 cm³/mol. The number of pyridine rings is 1. The largest absolute Gasteiger partial charge is 0.330 e. The number of nitrogens with one attached hydrogen (secondary N) is 1. The summed E-state index contributed by atoms with van der Waals surface area (Å²) in [6.07, 6.45) is 6.10. The van der Waals surface area contributed by atoms with Gasteiger partial charge in [-0.15, -0.1) is 5.10 Å². The summed E-state index contributed by atoms with van der Waals surface area (Å²) in [5, 5.41) is 8.78. The van der Waals surface area contributed by atoms with E-state index in [9.17, 15) is 4.79 Å². The second-order valence-electron chi connectivity index (χ2n) is 8.43. The first-order valence-electron chi connectivity index (χ1n) is 9.87. The summed E-state index contributed by atoms with van der Waals surface area (Å²) in [6.45, 7) is 7.11. The maximum absolute atomic E-state index is 12.8. The van der Waals surface area contributed by atoms with Crippen LogP contribution in [0.3, 0.4) is 0 Å². The van der Waals surface area contributed by atoms with Crippen LogP contribution in [-0.4, -0.2) is 32.0 Å². The topological polar surface area (TPSA) is 75.4 Å². The molecule has 1 aliphatic rings. The summed E-state index contributed by atoms with van der Waals surface area (Å²) >= 11 is 1.52. The average molecular weight is 419 g/mol. The Labute approximate surface area is 178 Å². The van der Waals surface area contributed by atoms with Crippen molar-refractivity contribution in [1.29, 1.82) is 0 Å². The van der Waals surface area contributed by atoms with Crippen molar-refractivity contribution in [2.75, 3.05) is 16.8 Å². The van der Waals surface area contributed by atoms with Gasteiger partial charge in [-0.25, -0.2) is 9.50 Å². The number of aromatic nitrogens is 4. The molecule has 3 aromatic heterocycles. The van der Waals surface area contributed by atoms with E-state index in [1.54, 1.807) is 24.5 Å². The van der Waals surface area contributed by atoms with Gasteiger partial charge in [0.05, 0.1) is 17.5 Å². The van der Waals surface area contributed by atoms with E-state index >= 15 is 0 Å². The number of fused-ring (bicyclic) bond motifs is 2. The zero-order valence-corrected chi connectivity index (χ0v) is 17.9. The maximum Gasteiger partial charge on any atom is 0.259 e. The molecule has 0 spiro atoms. The minimum absolute atomic E-state index is 0.000116. The lowest BCUT2D eigenvalue weighted by atomic mass is 9.93.